The molecule has 3 amide bonds. The van der Waals surface area contributed by atoms with Gasteiger partial charge in [-0.3, -0.25) is 14.4 Å². The molecule has 7 nitrogen and oxygen atoms in total. The third kappa shape index (κ3) is 3.94. The molecule has 4 rings (SSSR count). The molecule has 0 radical (unpaired) electrons. The molecule has 0 aliphatic carbocycles. The van der Waals surface area contributed by atoms with Crippen LogP contribution in [-0.2, 0) is 9.59 Å². The Bertz CT molecular complexity index is 905. The van der Waals surface area contributed by atoms with E-state index in [4.69, 9.17) is 5.73 Å². The van der Waals surface area contributed by atoms with E-state index in [0.29, 0.717) is 19.6 Å². The van der Waals surface area contributed by atoms with Gasteiger partial charge >= 0.3 is 0 Å². The molecule has 2 aromatic carbocycles. The number of rotatable bonds is 4. The predicted octanol–water partition coefficient (Wildman–Crippen LogP) is 1.49. The first-order valence-electron chi connectivity index (χ1n) is 9.82. The zero-order valence-electron chi connectivity index (χ0n) is 16.2. The van der Waals surface area contributed by atoms with Gasteiger partial charge in [-0.25, -0.2) is 0 Å². The van der Waals surface area contributed by atoms with Crippen molar-refractivity contribution in [2.24, 2.45) is 11.7 Å². The zero-order chi connectivity index (χ0) is 20.4. The van der Waals surface area contributed by atoms with E-state index < -0.39 is 11.8 Å². The lowest BCUT2D eigenvalue weighted by Crippen LogP contribution is -2.48. The van der Waals surface area contributed by atoms with Gasteiger partial charge < -0.3 is 20.4 Å². The number of amides is 3. The minimum Gasteiger partial charge on any atom is -0.369 e. The van der Waals surface area contributed by atoms with Crippen LogP contribution >= 0.6 is 0 Å². The number of anilines is 2. The minimum absolute atomic E-state index is 0.0668. The molecule has 0 aromatic heterocycles. The summed E-state index contributed by atoms with van der Waals surface area (Å²) < 4.78 is 0. The van der Waals surface area contributed by atoms with Gasteiger partial charge in [-0.1, -0.05) is 18.2 Å². The molecule has 0 bridgehead atoms. The molecule has 29 heavy (non-hydrogen) atoms. The first-order valence-corrected chi connectivity index (χ1v) is 9.82. The SMILES string of the molecule is NC(=O)[C@@H]1CC(=O)N(c2ccc(N3CCN(C(=O)c4ccccc4)CC3)cc2)C1. The van der Waals surface area contributed by atoms with Crippen LogP contribution in [0, 0.1) is 5.92 Å². The Morgan fingerprint density at radius 1 is 0.862 bits per heavy atom. The largest absolute Gasteiger partial charge is 0.369 e. The highest BCUT2D eigenvalue weighted by Crippen LogP contribution is 2.27. The molecule has 2 aliphatic rings. The molecule has 150 valence electrons. The molecule has 7 heteroatoms. The summed E-state index contributed by atoms with van der Waals surface area (Å²) in [6.45, 7) is 3.18. The van der Waals surface area contributed by atoms with Crippen LogP contribution in [0.4, 0.5) is 11.4 Å². The van der Waals surface area contributed by atoms with Crippen LogP contribution in [0.3, 0.4) is 0 Å². The van der Waals surface area contributed by atoms with E-state index in [0.717, 1.165) is 30.0 Å². The highest BCUT2D eigenvalue weighted by molar-refractivity contribution is 6.00. The Hall–Kier alpha value is -3.35. The number of carbonyl (C=O) groups is 3. The fourth-order valence-electron chi connectivity index (χ4n) is 3.92. The van der Waals surface area contributed by atoms with E-state index in [1.54, 1.807) is 4.90 Å². The summed E-state index contributed by atoms with van der Waals surface area (Å²) in [5.41, 5.74) is 7.89. The predicted molar refractivity (Wildman–Crippen MR) is 111 cm³/mol. The number of primary amides is 1. The number of nitrogens with zero attached hydrogens (tertiary/aromatic N) is 3. The van der Waals surface area contributed by atoms with Crippen LogP contribution in [0.25, 0.3) is 0 Å². The molecular weight excluding hydrogens is 368 g/mol. The van der Waals surface area contributed by atoms with E-state index in [-0.39, 0.29) is 18.2 Å². The smallest absolute Gasteiger partial charge is 0.253 e. The zero-order valence-corrected chi connectivity index (χ0v) is 16.2. The van der Waals surface area contributed by atoms with Gasteiger partial charge in [0.2, 0.25) is 11.8 Å². The summed E-state index contributed by atoms with van der Waals surface area (Å²) >= 11 is 0. The van der Waals surface area contributed by atoms with Gasteiger partial charge in [0.25, 0.3) is 5.91 Å². The normalized spacial score (nSPS) is 19.5. The minimum atomic E-state index is -0.430. The van der Waals surface area contributed by atoms with Gasteiger partial charge in [0.1, 0.15) is 0 Å². The lowest BCUT2D eigenvalue weighted by Gasteiger charge is -2.36. The highest BCUT2D eigenvalue weighted by atomic mass is 16.2. The molecule has 2 saturated heterocycles. The van der Waals surface area contributed by atoms with Crippen molar-refractivity contribution >= 4 is 29.1 Å². The number of carbonyl (C=O) groups excluding carboxylic acids is 3. The van der Waals surface area contributed by atoms with Gasteiger partial charge in [0, 0.05) is 56.1 Å². The summed E-state index contributed by atoms with van der Waals surface area (Å²) in [5.74, 6) is -0.857. The molecule has 2 aromatic rings. The summed E-state index contributed by atoms with van der Waals surface area (Å²) in [7, 11) is 0. The average molecular weight is 392 g/mol. The van der Waals surface area contributed by atoms with Crippen LogP contribution in [0.2, 0.25) is 0 Å². The second kappa shape index (κ2) is 7.95. The molecule has 1 atom stereocenters. The van der Waals surface area contributed by atoms with Crippen molar-refractivity contribution in [2.45, 2.75) is 6.42 Å². The third-order valence-electron chi connectivity index (χ3n) is 5.64. The molecule has 2 heterocycles. The summed E-state index contributed by atoms with van der Waals surface area (Å²) in [4.78, 5) is 41.8. The Balaban J connectivity index is 1.37. The lowest BCUT2D eigenvalue weighted by molar-refractivity contribution is -0.123. The first kappa shape index (κ1) is 19.0. The van der Waals surface area contributed by atoms with Crippen molar-refractivity contribution in [3.63, 3.8) is 0 Å². The van der Waals surface area contributed by atoms with E-state index in [1.807, 2.05) is 59.5 Å². The Labute approximate surface area is 169 Å². The molecule has 0 saturated carbocycles. The van der Waals surface area contributed by atoms with E-state index in [9.17, 15) is 14.4 Å². The van der Waals surface area contributed by atoms with E-state index in [2.05, 4.69) is 4.90 Å². The first-order chi connectivity index (χ1) is 14.0. The van der Waals surface area contributed by atoms with Crippen molar-refractivity contribution in [1.82, 2.24) is 4.90 Å². The summed E-state index contributed by atoms with van der Waals surface area (Å²) in [5, 5.41) is 0. The quantitative estimate of drug-likeness (QED) is 0.854. The van der Waals surface area contributed by atoms with Crippen molar-refractivity contribution < 1.29 is 14.4 Å². The average Bonchev–Trinajstić information content (AvgIpc) is 3.16. The Morgan fingerprint density at radius 3 is 2.07 bits per heavy atom. The number of piperazine rings is 1. The van der Waals surface area contributed by atoms with E-state index >= 15 is 0 Å². The molecule has 2 aliphatic heterocycles. The van der Waals surface area contributed by atoms with Gasteiger partial charge in [-0.2, -0.15) is 0 Å². The lowest BCUT2D eigenvalue weighted by atomic mass is 10.1. The highest BCUT2D eigenvalue weighted by Gasteiger charge is 2.34. The standard InChI is InChI=1S/C22H24N4O3/c23-21(28)17-14-20(27)26(15-17)19-8-6-18(7-9-19)24-10-12-25(13-11-24)22(29)16-4-2-1-3-5-16/h1-9,17H,10-15H2,(H2,23,28)/t17-/m1/s1. The number of hydrogen-bond acceptors (Lipinski definition) is 4. The number of nitrogens with two attached hydrogens (primary N) is 1. The van der Waals surface area contributed by atoms with Crippen molar-refractivity contribution in [1.29, 1.82) is 0 Å². The van der Waals surface area contributed by atoms with E-state index in [1.165, 1.54) is 0 Å². The van der Waals surface area contributed by atoms with Crippen LogP contribution in [-0.4, -0.2) is 55.3 Å². The van der Waals surface area contributed by atoms with Gasteiger partial charge in [0.15, 0.2) is 0 Å². The molecule has 2 N–H and O–H groups in total. The molecular formula is C22H24N4O3. The molecule has 0 unspecified atom stereocenters. The van der Waals surface area contributed by atoms with Crippen LogP contribution in [0.15, 0.2) is 54.6 Å². The number of benzene rings is 2. The number of hydrogen-bond donors (Lipinski definition) is 1. The summed E-state index contributed by atoms with van der Waals surface area (Å²) in [6.07, 6.45) is 0.175. The van der Waals surface area contributed by atoms with Crippen LogP contribution < -0.4 is 15.5 Å². The van der Waals surface area contributed by atoms with Crippen molar-refractivity contribution in [2.75, 3.05) is 42.5 Å². The van der Waals surface area contributed by atoms with Crippen molar-refractivity contribution in [3.05, 3.63) is 60.2 Å². The second-order valence-electron chi connectivity index (χ2n) is 7.47. The van der Waals surface area contributed by atoms with Crippen LogP contribution in [0.1, 0.15) is 16.8 Å². The summed E-state index contributed by atoms with van der Waals surface area (Å²) in [6, 6.07) is 17.1. The maximum atomic E-state index is 12.6. The second-order valence-corrected chi connectivity index (χ2v) is 7.47. The molecule has 2 fully saturated rings. The maximum absolute atomic E-state index is 12.6. The van der Waals surface area contributed by atoms with Crippen LogP contribution in [0.5, 0.6) is 0 Å². The van der Waals surface area contributed by atoms with Crippen molar-refractivity contribution in [3.8, 4) is 0 Å². The fourth-order valence-corrected chi connectivity index (χ4v) is 3.92. The molecule has 0 spiro atoms. The van der Waals surface area contributed by atoms with Gasteiger partial charge in [-0.15, -0.1) is 0 Å². The Kier molecular flexibility index (Phi) is 5.20. The topological polar surface area (TPSA) is 86.9 Å². The van der Waals surface area contributed by atoms with Gasteiger partial charge in [-0.05, 0) is 36.4 Å². The third-order valence-corrected chi connectivity index (χ3v) is 5.64. The Morgan fingerprint density at radius 2 is 1.48 bits per heavy atom. The fraction of sp³-hybridized carbons (Fsp3) is 0.318. The monoisotopic (exact) mass is 392 g/mol. The van der Waals surface area contributed by atoms with Gasteiger partial charge in [0.05, 0.1) is 5.92 Å². The maximum Gasteiger partial charge on any atom is 0.253 e.